The Morgan fingerprint density at radius 2 is 1.55 bits per heavy atom. The van der Waals surface area contributed by atoms with Gasteiger partial charge in [-0.3, -0.25) is 4.90 Å². The Morgan fingerprint density at radius 1 is 1.05 bits per heavy atom. The number of carbonyl (C=O) groups excluding carboxylic acids is 1. The monoisotopic (exact) mass is 312 g/mol. The standard InChI is InChI=1S/C18H36N2O2/c1-6-7-8-9-10-11-12-20-17(2,3)13-15(22-16(19)21)14-18(20,4)5/h15H,6-14H2,1-5H3,(H2,19,21). The number of hydrogen-bond acceptors (Lipinski definition) is 3. The third-order valence-electron chi connectivity index (χ3n) is 4.93. The molecule has 0 aliphatic carbocycles. The van der Waals surface area contributed by atoms with E-state index in [1.165, 1.54) is 38.5 Å². The number of hydrogen-bond donors (Lipinski definition) is 1. The summed E-state index contributed by atoms with van der Waals surface area (Å²) in [5.41, 5.74) is 5.26. The van der Waals surface area contributed by atoms with Gasteiger partial charge in [-0.25, -0.2) is 4.79 Å². The maximum Gasteiger partial charge on any atom is 0.404 e. The zero-order valence-corrected chi connectivity index (χ0v) is 15.3. The van der Waals surface area contributed by atoms with E-state index in [4.69, 9.17) is 10.5 Å². The van der Waals surface area contributed by atoms with Gasteiger partial charge in [0.05, 0.1) is 0 Å². The molecule has 0 radical (unpaired) electrons. The fraction of sp³-hybridized carbons (Fsp3) is 0.944. The van der Waals surface area contributed by atoms with Gasteiger partial charge in [0.15, 0.2) is 0 Å². The van der Waals surface area contributed by atoms with Crippen LogP contribution >= 0.6 is 0 Å². The molecule has 0 bridgehead atoms. The molecule has 0 unspecified atom stereocenters. The Bertz CT molecular complexity index is 335. The van der Waals surface area contributed by atoms with Gasteiger partial charge in [-0.2, -0.15) is 0 Å². The van der Waals surface area contributed by atoms with Crippen molar-refractivity contribution in [1.29, 1.82) is 0 Å². The summed E-state index contributed by atoms with van der Waals surface area (Å²) in [5.74, 6) is 0. The average Bonchev–Trinajstić information content (AvgIpc) is 2.33. The van der Waals surface area contributed by atoms with Gasteiger partial charge >= 0.3 is 6.09 Å². The molecule has 0 spiro atoms. The number of likely N-dealkylation sites (tertiary alicyclic amines) is 1. The molecule has 1 heterocycles. The van der Waals surface area contributed by atoms with E-state index < -0.39 is 6.09 Å². The molecule has 1 saturated heterocycles. The zero-order valence-electron chi connectivity index (χ0n) is 15.3. The molecule has 4 nitrogen and oxygen atoms in total. The maximum atomic E-state index is 11.1. The summed E-state index contributed by atoms with van der Waals surface area (Å²) in [6.45, 7) is 12.4. The topological polar surface area (TPSA) is 55.6 Å². The lowest BCUT2D eigenvalue weighted by atomic mass is 9.78. The van der Waals surface area contributed by atoms with E-state index in [0.29, 0.717) is 0 Å². The van der Waals surface area contributed by atoms with Gasteiger partial charge in [0.2, 0.25) is 0 Å². The fourth-order valence-electron chi connectivity index (χ4n) is 4.13. The van der Waals surface area contributed by atoms with Crippen molar-refractivity contribution in [2.45, 2.75) is 103 Å². The summed E-state index contributed by atoms with van der Waals surface area (Å²) in [5, 5.41) is 0. The van der Waals surface area contributed by atoms with Crippen LogP contribution < -0.4 is 5.73 Å². The largest absolute Gasteiger partial charge is 0.446 e. The predicted octanol–water partition coefficient (Wildman–Crippen LogP) is 4.46. The minimum atomic E-state index is -0.652. The first kappa shape index (κ1) is 19.3. The van der Waals surface area contributed by atoms with E-state index >= 15 is 0 Å². The second kappa shape index (κ2) is 8.19. The van der Waals surface area contributed by atoms with Gasteiger partial charge in [0.1, 0.15) is 6.10 Å². The molecule has 2 N–H and O–H groups in total. The molecule has 0 aromatic carbocycles. The van der Waals surface area contributed by atoms with Gasteiger partial charge in [0, 0.05) is 23.9 Å². The number of nitrogens with two attached hydrogens (primary N) is 1. The van der Waals surface area contributed by atoms with Crippen molar-refractivity contribution < 1.29 is 9.53 Å². The maximum absolute atomic E-state index is 11.1. The van der Waals surface area contributed by atoms with E-state index in [-0.39, 0.29) is 17.2 Å². The van der Waals surface area contributed by atoms with Crippen molar-refractivity contribution in [2.75, 3.05) is 6.54 Å². The Balaban J connectivity index is 2.53. The van der Waals surface area contributed by atoms with Crippen molar-refractivity contribution in [2.24, 2.45) is 5.73 Å². The van der Waals surface area contributed by atoms with Gasteiger partial charge in [-0.1, -0.05) is 39.0 Å². The van der Waals surface area contributed by atoms with Crippen LogP contribution in [0.5, 0.6) is 0 Å². The van der Waals surface area contributed by atoms with Gasteiger partial charge in [0.25, 0.3) is 0 Å². The molecule has 1 aliphatic rings. The van der Waals surface area contributed by atoms with Crippen LogP contribution in [-0.4, -0.2) is 34.7 Å². The number of nitrogens with zero attached hydrogens (tertiary/aromatic N) is 1. The first-order valence-corrected chi connectivity index (χ1v) is 8.93. The van der Waals surface area contributed by atoms with Crippen molar-refractivity contribution in [1.82, 2.24) is 4.90 Å². The molecule has 22 heavy (non-hydrogen) atoms. The zero-order chi connectivity index (χ0) is 16.8. The lowest BCUT2D eigenvalue weighted by Crippen LogP contribution is -2.62. The smallest absolute Gasteiger partial charge is 0.404 e. The summed E-state index contributed by atoms with van der Waals surface area (Å²) in [6.07, 6.45) is 8.91. The number of primary amides is 1. The van der Waals surface area contributed by atoms with Crippen LogP contribution in [0.4, 0.5) is 4.79 Å². The van der Waals surface area contributed by atoms with E-state index in [1.807, 2.05) is 0 Å². The molecule has 0 atom stereocenters. The first-order chi connectivity index (χ1) is 10.2. The summed E-state index contributed by atoms with van der Waals surface area (Å²) < 4.78 is 5.29. The molecule has 1 rings (SSSR count). The second-order valence-corrected chi connectivity index (χ2v) is 8.01. The van der Waals surface area contributed by atoms with Crippen LogP contribution in [0.15, 0.2) is 0 Å². The molecule has 1 aliphatic heterocycles. The van der Waals surface area contributed by atoms with Crippen molar-refractivity contribution >= 4 is 6.09 Å². The molecule has 0 saturated carbocycles. The summed E-state index contributed by atoms with van der Waals surface area (Å²) in [7, 11) is 0. The molecule has 1 amide bonds. The summed E-state index contributed by atoms with van der Waals surface area (Å²) in [4.78, 5) is 13.7. The normalized spacial score (nSPS) is 21.7. The molecule has 4 heteroatoms. The van der Waals surface area contributed by atoms with Crippen molar-refractivity contribution in [3.8, 4) is 0 Å². The average molecular weight is 312 g/mol. The van der Waals surface area contributed by atoms with Crippen LogP contribution in [0.2, 0.25) is 0 Å². The highest BCUT2D eigenvalue weighted by Crippen LogP contribution is 2.39. The molecular weight excluding hydrogens is 276 g/mol. The molecule has 130 valence electrons. The molecule has 1 fully saturated rings. The predicted molar refractivity (Wildman–Crippen MR) is 91.9 cm³/mol. The van der Waals surface area contributed by atoms with Gasteiger partial charge in [-0.15, -0.1) is 0 Å². The number of piperidine rings is 1. The van der Waals surface area contributed by atoms with Crippen molar-refractivity contribution in [3.63, 3.8) is 0 Å². The second-order valence-electron chi connectivity index (χ2n) is 8.01. The summed E-state index contributed by atoms with van der Waals surface area (Å²) >= 11 is 0. The van der Waals surface area contributed by atoms with Crippen LogP contribution in [0.25, 0.3) is 0 Å². The number of carbonyl (C=O) groups is 1. The SMILES string of the molecule is CCCCCCCCN1C(C)(C)CC(OC(N)=O)CC1(C)C. The summed E-state index contributed by atoms with van der Waals surface area (Å²) in [6, 6.07) is 0. The Kier molecular flexibility index (Phi) is 7.17. The van der Waals surface area contributed by atoms with E-state index in [9.17, 15) is 4.79 Å². The van der Waals surface area contributed by atoms with Gasteiger partial charge < -0.3 is 10.5 Å². The van der Waals surface area contributed by atoms with Crippen molar-refractivity contribution in [3.05, 3.63) is 0 Å². The molecular formula is C18H36N2O2. The number of unbranched alkanes of at least 4 members (excludes halogenated alkanes) is 5. The quantitative estimate of drug-likeness (QED) is 0.673. The van der Waals surface area contributed by atoms with Gasteiger partial charge in [-0.05, 0) is 40.7 Å². The van der Waals surface area contributed by atoms with E-state index in [1.54, 1.807) is 0 Å². The Hall–Kier alpha value is -0.770. The fourth-order valence-corrected chi connectivity index (χ4v) is 4.13. The number of rotatable bonds is 8. The minimum Gasteiger partial charge on any atom is -0.446 e. The number of amides is 1. The minimum absolute atomic E-state index is 0.0330. The molecule has 0 aromatic rings. The lowest BCUT2D eigenvalue weighted by molar-refractivity contribution is -0.0827. The van der Waals surface area contributed by atoms with E-state index in [0.717, 1.165) is 19.4 Å². The highest BCUT2D eigenvalue weighted by atomic mass is 16.6. The third kappa shape index (κ3) is 5.79. The van der Waals surface area contributed by atoms with E-state index in [2.05, 4.69) is 39.5 Å². The van der Waals surface area contributed by atoms with Crippen LogP contribution in [0.3, 0.4) is 0 Å². The highest BCUT2D eigenvalue weighted by Gasteiger charge is 2.45. The first-order valence-electron chi connectivity index (χ1n) is 8.93. The number of ether oxygens (including phenoxy) is 1. The van der Waals surface area contributed by atoms with Crippen LogP contribution in [0, 0.1) is 0 Å². The Labute approximate surface area is 136 Å². The van der Waals surface area contributed by atoms with Crippen LogP contribution in [0.1, 0.15) is 86.0 Å². The lowest BCUT2D eigenvalue weighted by Gasteiger charge is -2.55. The highest BCUT2D eigenvalue weighted by molar-refractivity contribution is 5.64. The third-order valence-corrected chi connectivity index (χ3v) is 4.93. The van der Waals surface area contributed by atoms with Crippen LogP contribution in [-0.2, 0) is 4.74 Å². The Morgan fingerprint density at radius 3 is 2.05 bits per heavy atom. The molecule has 0 aromatic heterocycles.